The van der Waals surface area contributed by atoms with E-state index >= 15 is 0 Å². The summed E-state index contributed by atoms with van der Waals surface area (Å²) in [6.45, 7) is 2.22. The van der Waals surface area contributed by atoms with E-state index in [4.69, 9.17) is 14.2 Å². The quantitative estimate of drug-likeness (QED) is 0.380. The number of ether oxygens (including phenoxy) is 3. The van der Waals surface area contributed by atoms with E-state index in [1.807, 2.05) is 43.3 Å². The van der Waals surface area contributed by atoms with Crippen LogP contribution in [0.2, 0.25) is 0 Å². The van der Waals surface area contributed by atoms with Crippen LogP contribution in [0.1, 0.15) is 28.3 Å². The van der Waals surface area contributed by atoms with Crippen LogP contribution in [0.15, 0.2) is 60.7 Å². The molecule has 176 valence electrons. The van der Waals surface area contributed by atoms with Gasteiger partial charge in [0.2, 0.25) is 0 Å². The van der Waals surface area contributed by atoms with Gasteiger partial charge in [-0.15, -0.1) is 0 Å². The molecule has 0 saturated heterocycles. The van der Waals surface area contributed by atoms with Gasteiger partial charge < -0.3 is 19.1 Å². The van der Waals surface area contributed by atoms with Crippen LogP contribution in [0.5, 0.6) is 17.2 Å². The first-order chi connectivity index (χ1) is 16.4. The number of amides is 1. The van der Waals surface area contributed by atoms with Gasteiger partial charge in [-0.1, -0.05) is 30.3 Å². The molecule has 0 spiro atoms. The Bertz CT molecular complexity index is 1230. The second-order valence-electron chi connectivity index (χ2n) is 8.05. The molecule has 0 unspecified atom stereocenters. The van der Waals surface area contributed by atoms with Gasteiger partial charge in [0, 0.05) is 18.7 Å². The van der Waals surface area contributed by atoms with E-state index in [0.717, 1.165) is 16.7 Å². The van der Waals surface area contributed by atoms with Gasteiger partial charge in [0.05, 0.1) is 25.2 Å². The number of aryl methyl sites for hydroxylation is 1. The number of hydrogen-bond donors (Lipinski definition) is 0. The topological polar surface area (TPSA) is 91.1 Å². The van der Waals surface area contributed by atoms with E-state index in [-0.39, 0.29) is 18.2 Å². The molecule has 1 aliphatic rings. The zero-order valence-corrected chi connectivity index (χ0v) is 19.3. The second-order valence-corrected chi connectivity index (χ2v) is 8.05. The summed E-state index contributed by atoms with van der Waals surface area (Å²) in [4.78, 5) is 26.1. The number of benzene rings is 3. The number of hydrogen-bond acceptors (Lipinski definition) is 6. The molecule has 1 atom stereocenters. The SMILES string of the molecule is COc1cc2c(cc1OC)[C@H](c1cccc([N+](=O)[O-])c1)N(C(=O)COc1ccccc1C)CC2. The molecule has 3 aromatic rings. The molecule has 0 bridgehead atoms. The smallest absolute Gasteiger partial charge is 0.269 e. The number of methoxy groups -OCH3 is 2. The minimum Gasteiger partial charge on any atom is -0.493 e. The monoisotopic (exact) mass is 462 g/mol. The molecule has 8 nitrogen and oxygen atoms in total. The molecule has 3 aromatic carbocycles. The van der Waals surface area contributed by atoms with Crippen LogP contribution >= 0.6 is 0 Å². The van der Waals surface area contributed by atoms with Crippen molar-refractivity contribution < 1.29 is 23.9 Å². The maximum Gasteiger partial charge on any atom is 0.269 e. The molecule has 0 aromatic heterocycles. The zero-order valence-electron chi connectivity index (χ0n) is 19.3. The maximum atomic E-state index is 13.4. The average Bonchev–Trinajstić information content (AvgIpc) is 2.86. The van der Waals surface area contributed by atoms with Crippen molar-refractivity contribution >= 4 is 11.6 Å². The molecule has 34 heavy (non-hydrogen) atoms. The minimum atomic E-state index is -0.531. The lowest BCUT2D eigenvalue weighted by Gasteiger charge is -2.38. The van der Waals surface area contributed by atoms with Crippen molar-refractivity contribution in [1.29, 1.82) is 0 Å². The number of rotatable bonds is 7. The van der Waals surface area contributed by atoms with Crippen LogP contribution in [-0.4, -0.2) is 43.1 Å². The van der Waals surface area contributed by atoms with Crippen LogP contribution in [0.4, 0.5) is 5.69 Å². The lowest BCUT2D eigenvalue weighted by molar-refractivity contribution is -0.384. The Labute approximate surface area is 197 Å². The van der Waals surface area contributed by atoms with Crippen molar-refractivity contribution in [3.05, 3.63) is 93.0 Å². The van der Waals surface area contributed by atoms with Gasteiger partial charge in [0.1, 0.15) is 5.75 Å². The Morgan fingerprint density at radius 2 is 1.76 bits per heavy atom. The highest BCUT2D eigenvalue weighted by Gasteiger charge is 2.34. The maximum absolute atomic E-state index is 13.4. The molecule has 0 radical (unpaired) electrons. The molecular formula is C26H26N2O6. The largest absolute Gasteiger partial charge is 0.493 e. The average molecular weight is 463 g/mol. The fourth-order valence-electron chi connectivity index (χ4n) is 4.32. The molecule has 4 rings (SSSR count). The fraction of sp³-hybridized carbons (Fsp3) is 0.269. The Balaban J connectivity index is 1.74. The number of carbonyl (C=O) groups excluding carboxylic acids is 1. The van der Waals surface area contributed by atoms with Gasteiger partial charge in [-0.25, -0.2) is 0 Å². The third kappa shape index (κ3) is 4.52. The second kappa shape index (κ2) is 9.82. The lowest BCUT2D eigenvalue weighted by atomic mass is 9.87. The van der Waals surface area contributed by atoms with E-state index < -0.39 is 11.0 Å². The van der Waals surface area contributed by atoms with Gasteiger partial charge in [-0.05, 0) is 53.8 Å². The number of nitrogens with zero attached hydrogens (tertiary/aromatic N) is 2. The molecule has 0 aliphatic carbocycles. The van der Waals surface area contributed by atoms with Gasteiger partial charge in [0.15, 0.2) is 18.1 Å². The van der Waals surface area contributed by atoms with Crippen LogP contribution in [0.25, 0.3) is 0 Å². The number of carbonyl (C=O) groups is 1. The third-order valence-corrected chi connectivity index (χ3v) is 6.04. The number of nitro groups is 1. The molecule has 8 heteroatoms. The van der Waals surface area contributed by atoms with Gasteiger partial charge in [-0.2, -0.15) is 0 Å². The number of fused-ring (bicyclic) bond motifs is 1. The predicted octanol–water partition coefficient (Wildman–Crippen LogP) is 4.47. The van der Waals surface area contributed by atoms with Crippen LogP contribution < -0.4 is 14.2 Å². The van der Waals surface area contributed by atoms with Crippen molar-refractivity contribution in [3.8, 4) is 17.2 Å². The van der Waals surface area contributed by atoms with Gasteiger partial charge in [0.25, 0.3) is 11.6 Å². The third-order valence-electron chi connectivity index (χ3n) is 6.04. The number of para-hydroxylation sites is 1. The molecular weight excluding hydrogens is 436 g/mol. The Hall–Kier alpha value is -4.07. The summed E-state index contributed by atoms with van der Waals surface area (Å²) in [5.74, 6) is 1.57. The first-order valence-corrected chi connectivity index (χ1v) is 10.9. The van der Waals surface area contributed by atoms with E-state index in [9.17, 15) is 14.9 Å². The Morgan fingerprint density at radius 1 is 1.03 bits per heavy atom. The molecule has 0 fully saturated rings. The van der Waals surface area contributed by atoms with E-state index in [1.165, 1.54) is 12.1 Å². The number of non-ortho nitro benzene ring substituents is 1. The van der Waals surface area contributed by atoms with Crippen LogP contribution in [-0.2, 0) is 11.2 Å². The highest BCUT2D eigenvalue weighted by molar-refractivity contribution is 5.79. The van der Waals surface area contributed by atoms with E-state index in [2.05, 4.69) is 0 Å². The van der Waals surface area contributed by atoms with Crippen molar-refractivity contribution in [3.63, 3.8) is 0 Å². The standard InChI is InChI=1S/C26H26N2O6/c1-17-7-4-5-10-22(17)34-16-25(29)27-12-11-18-14-23(32-2)24(33-3)15-21(18)26(27)19-8-6-9-20(13-19)28(30)31/h4-10,13-15,26H,11-12,16H2,1-3H3/t26-/m0/s1. The molecule has 1 amide bonds. The summed E-state index contributed by atoms with van der Waals surface area (Å²) in [5, 5.41) is 11.4. The summed E-state index contributed by atoms with van der Waals surface area (Å²) >= 11 is 0. The molecule has 0 N–H and O–H groups in total. The van der Waals surface area contributed by atoms with Crippen molar-refractivity contribution in [2.24, 2.45) is 0 Å². The normalized spacial score (nSPS) is 14.8. The van der Waals surface area contributed by atoms with Crippen molar-refractivity contribution in [1.82, 2.24) is 4.90 Å². The zero-order chi connectivity index (χ0) is 24.2. The summed E-state index contributed by atoms with van der Waals surface area (Å²) in [7, 11) is 3.12. The van der Waals surface area contributed by atoms with Crippen LogP contribution in [0.3, 0.4) is 0 Å². The summed E-state index contributed by atoms with van der Waals surface area (Å²) in [5.41, 5.74) is 3.39. The lowest BCUT2D eigenvalue weighted by Crippen LogP contribution is -2.43. The minimum absolute atomic E-state index is 0.0336. The molecule has 0 saturated carbocycles. The van der Waals surface area contributed by atoms with E-state index in [0.29, 0.717) is 35.8 Å². The number of nitro benzene ring substituents is 1. The Morgan fingerprint density at radius 3 is 2.47 bits per heavy atom. The summed E-state index contributed by atoms with van der Waals surface area (Å²) in [6, 6.07) is 17.1. The first-order valence-electron chi connectivity index (χ1n) is 10.9. The highest BCUT2D eigenvalue weighted by atomic mass is 16.6. The van der Waals surface area contributed by atoms with Crippen molar-refractivity contribution in [2.75, 3.05) is 27.4 Å². The van der Waals surface area contributed by atoms with Crippen LogP contribution in [0, 0.1) is 17.0 Å². The highest BCUT2D eigenvalue weighted by Crippen LogP contribution is 2.41. The molecule has 1 aliphatic heterocycles. The predicted molar refractivity (Wildman–Crippen MR) is 127 cm³/mol. The first kappa shape index (κ1) is 23.1. The van der Waals surface area contributed by atoms with Gasteiger partial charge in [-0.3, -0.25) is 14.9 Å². The van der Waals surface area contributed by atoms with Crippen molar-refractivity contribution in [2.45, 2.75) is 19.4 Å². The summed E-state index contributed by atoms with van der Waals surface area (Å²) in [6.07, 6.45) is 0.608. The Kier molecular flexibility index (Phi) is 6.67. The van der Waals surface area contributed by atoms with E-state index in [1.54, 1.807) is 31.3 Å². The van der Waals surface area contributed by atoms with Gasteiger partial charge >= 0.3 is 0 Å². The fourth-order valence-corrected chi connectivity index (χ4v) is 4.32. The molecule has 1 heterocycles. The summed E-state index contributed by atoms with van der Waals surface area (Å²) < 4.78 is 16.8.